The number of alkyl halides is 5. The van der Waals surface area contributed by atoms with Crippen molar-refractivity contribution in [1.82, 2.24) is 0 Å². The van der Waals surface area contributed by atoms with Crippen molar-refractivity contribution in [2.75, 3.05) is 13.7 Å². The highest BCUT2D eigenvalue weighted by Gasteiger charge is 2.56. The van der Waals surface area contributed by atoms with E-state index < -0.39 is 25.1 Å². The fraction of sp³-hybridized carbons (Fsp3) is 1.00. The molecule has 0 rings (SSSR count). The fourth-order valence-electron chi connectivity index (χ4n) is 0.372. The van der Waals surface area contributed by atoms with Crippen LogP contribution >= 0.6 is 0 Å². The summed E-state index contributed by atoms with van der Waals surface area (Å²) in [7, 11) is 1.06. The van der Waals surface area contributed by atoms with Gasteiger partial charge in [0.2, 0.25) is 0 Å². The quantitative estimate of drug-likeness (QED) is 0.602. The third-order valence-corrected chi connectivity index (χ3v) is 1.03. The molecule has 0 aromatic carbocycles. The van der Waals surface area contributed by atoms with Gasteiger partial charge in [0.1, 0.15) is 0 Å². The second kappa shape index (κ2) is 3.34. The van der Waals surface area contributed by atoms with Gasteiger partial charge in [-0.05, 0) is 0 Å². The van der Waals surface area contributed by atoms with E-state index in [1.807, 2.05) is 0 Å². The predicted molar refractivity (Wildman–Crippen MR) is 27.5 cm³/mol. The number of halogens is 5. The summed E-state index contributed by atoms with van der Waals surface area (Å²) in [6, 6.07) is 0. The van der Waals surface area contributed by atoms with Crippen molar-refractivity contribution in [2.45, 2.75) is 18.5 Å². The summed E-state index contributed by atoms with van der Waals surface area (Å²) in [5.41, 5.74) is 0. The molecule has 0 saturated carbocycles. The van der Waals surface area contributed by atoms with Crippen molar-refractivity contribution in [3.8, 4) is 0 Å². The molecule has 0 aliphatic carbocycles. The summed E-state index contributed by atoms with van der Waals surface area (Å²) < 4.78 is 62.0. The van der Waals surface area contributed by atoms with Crippen LogP contribution in [-0.4, -0.2) is 25.8 Å². The van der Waals surface area contributed by atoms with E-state index in [4.69, 9.17) is 0 Å². The van der Waals surface area contributed by atoms with Crippen molar-refractivity contribution in [2.24, 2.45) is 0 Å². The van der Waals surface area contributed by atoms with Crippen LogP contribution in [0.2, 0.25) is 0 Å². The van der Waals surface area contributed by atoms with Crippen LogP contribution in [0.25, 0.3) is 0 Å². The maximum absolute atomic E-state index is 11.9. The Hall–Kier alpha value is -0.390. The number of ether oxygens (including phenoxy) is 1. The Morgan fingerprint density at radius 1 is 1.09 bits per heavy atom. The van der Waals surface area contributed by atoms with E-state index in [2.05, 4.69) is 4.74 Å². The lowest BCUT2D eigenvalue weighted by atomic mass is 10.2. The summed E-state index contributed by atoms with van der Waals surface area (Å²) >= 11 is 0. The van der Waals surface area contributed by atoms with Gasteiger partial charge in [0.25, 0.3) is 0 Å². The molecule has 1 nitrogen and oxygen atoms in total. The van der Waals surface area contributed by atoms with Crippen molar-refractivity contribution >= 4 is 0 Å². The largest absolute Gasteiger partial charge is 0.453 e. The van der Waals surface area contributed by atoms with Gasteiger partial charge in [-0.25, -0.2) is 0 Å². The zero-order chi connectivity index (χ0) is 9.12. The Balaban J connectivity index is 4.00. The zero-order valence-corrected chi connectivity index (χ0v) is 5.71. The molecule has 0 spiro atoms. The van der Waals surface area contributed by atoms with Crippen molar-refractivity contribution in [1.29, 1.82) is 0 Å². The minimum atomic E-state index is -5.47. The number of methoxy groups -OCH3 is 1. The Morgan fingerprint density at radius 3 is 1.82 bits per heavy atom. The van der Waals surface area contributed by atoms with Crippen molar-refractivity contribution in [3.63, 3.8) is 0 Å². The van der Waals surface area contributed by atoms with Gasteiger partial charge >= 0.3 is 12.1 Å². The monoisotopic (exact) mass is 178 g/mol. The predicted octanol–water partition coefficient (Wildman–Crippen LogP) is 2.22. The average Bonchev–Trinajstić information content (AvgIpc) is 1.81. The van der Waals surface area contributed by atoms with Crippen LogP contribution in [0.15, 0.2) is 0 Å². The number of hydrogen-bond donors (Lipinski definition) is 0. The molecule has 0 aliphatic rings. The average molecular weight is 178 g/mol. The maximum Gasteiger partial charge on any atom is 0.453 e. The molecule has 0 unspecified atom stereocenters. The molecule has 0 aromatic heterocycles. The third kappa shape index (κ3) is 3.00. The van der Waals surface area contributed by atoms with Gasteiger partial charge in [0, 0.05) is 13.5 Å². The van der Waals surface area contributed by atoms with Gasteiger partial charge in [0.05, 0.1) is 6.61 Å². The first-order chi connectivity index (χ1) is 4.81. The highest BCUT2D eigenvalue weighted by molar-refractivity contribution is 4.74. The molecule has 11 heavy (non-hydrogen) atoms. The Bertz CT molecular complexity index is 119. The van der Waals surface area contributed by atoms with Crippen LogP contribution in [0.1, 0.15) is 6.42 Å². The van der Waals surface area contributed by atoms with E-state index >= 15 is 0 Å². The van der Waals surface area contributed by atoms with E-state index in [1.165, 1.54) is 0 Å². The summed E-state index contributed by atoms with van der Waals surface area (Å²) in [5.74, 6) is -4.64. The zero-order valence-electron chi connectivity index (χ0n) is 5.71. The topological polar surface area (TPSA) is 9.23 Å². The molecule has 0 atom stereocenters. The Morgan fingerprint density at radius 2 is 1.55 bits per heavy atom. The van der Waals surface area contributed by atoms with Crippen LogP contribution in [0.4, 0.5) is 22.0 Å². The van der Waals surface area contributed by atoms with Gasteiger partial charge in [0.15, 0.2) is 0 Å². The highest BCUT2D eigenvalue weighted by Crippen LogP contribution is 2.37. The lowest BCUT2D eigenvalue weighted by Gasteiger charge is -2.18. The maximum atomic E-state index is 11.9. The first-order valence-electron chi connectivity index (χ1n) is 2.75. The molecule has 0 bridgehead atoms. The Labute approximate surface area is 60.1 Å². The summed E-state index contributed by atoms with van der Waals surface area (Å²) in [6.07, 6.45) is -6.79. The van der Waals surface area contributed by atoms with E-state index in [9.17, 15) is 22.0 Å². The number of rotatable bonds is 3. The third-order valence-electron chi connectivity index (χ3n) is 1.03. The van der Waals surface area contributed by atoms with Crippen LogP contribution in [0.3, 0.4) is 0 Å². The molecule has 0 amide bonds. The molecule has 0 aromatic rings. The minimum Gasteiger partial charge on any atom is -0.384 e. The lowest BCUT2D eigenvalue weighted by molar-refractivity contribution is -0.286. The second-order valence-corrected chi connectivity index (χ2v) is 1.95. The minimum absolute atomic E-state index is 0.605. The highest BCUT2D eigenvalue weighted by atomic mass is 19.4. The van der Waals surface area contributed by atoms with Crippen molar-refractivity contribution in [3.05, 3.63) is 0 Å². The molecule has 6 heteroatoms. The fourth-order valence-corrected chi connectivity index (χ4v) is 0.372. The normalized spacial score (nSPS) is 13.6. The molecule has 0 heterocycles. The molecule has 0 aliphatic heterocycles. The van der Waals surface area contributed by atoms with E-state index in [1.54, 1.807) is 0 Å². The van der Waals surface area contributed by atoms with Gasteiger partial charge in [-0.15, -0.1) is 0 Å². The van der Waals surface area contributed by atoms with Crippen LogP contribution in [0, 0.1) is 0 Å². The van der Waals surface area contributed by atoms with E-state index in [0.717, 1.165) is 7.11 Å². The molecule has 0 fully saturated rings. The van der Waals surface area contributed by atoms with E-state index in [0.29, 0.717) is 0 Å². The lowest BCUT2D eigenvalue weighted by Crippen LogP contribution is -2.37. The Kier molecular flexibility index (Phi) is 3.22. The molecule has 0 saturated heterocycles. The van der Waals surface area contributed by atoms with Crippen LogP contribution in [-0.2, 0) is 4.74 Å². The standard InChI is InChI=1S/C5H7F5O/c1-11-3-2-4(6,7)5(8,9)10/h2-3H2,1H3. The van der Waals surface area contributed by atoms with Gasteiger partial charge in [-0.3, -0.25) is 0 Å². The van der Waals surface area contributed by atoms with Gasteiger partial charge in [-0.2, -0.15) is 22.0 Å². The molecular formula is C5H7F5O. The molecule has 68 valence electrons. The molecule has 0 N–H and O–H groups in total. The molecule has 0 radical (unpaired) electrons. The van der Waals surface area contributed by atoms with Gasteiger partial charge < -0.3 is 4.74 Å². The summed E-state index contributed by atoms with van der Waals surface area (Å²) in [6.45, 7) is -0.605. The number of hydrogen-bond acceptors (Lipinski definition) is 1. The summed E-state index contributed by atoms with van der Waals surface area (Å²) in [4.78, 5) is 0. The van der Waals surface area contributed by atoms with Crippen molar-refractivity contribution < 1.29 is 26.7 Å². The van der Waals surface area contributed by atoms with Crippen LogP contribution < -0.4 is 0 Å². The van der Waals surface area contributed by atoms with Crippen LogP contribution in [0.5, 0.6) is 0 Å². The van der Waals surface area contributed by atoms with E-state index in [-0.39, 0.29) is 0 Å². The smallest absolute Gasteiger partial charge is 0.384 e. The second-order valence-electron chi connectivity index (χ2n) is 1.95. The first kappa shape index (κ1) is 10.6. The molecular weight excluding hydrogens is 171 g/mol. The summed E-state index contributed by atoms with van der Waals surface area (Å²) in [5, 5.41) is 0. The first-order valence-corrected chi connectivity index (χ1v) is 2.75. The van der Waals surface area contributed by atoms with Gasteiger partial charge in [-0.1, -0.05) is 0 Å². The SMILES string of the molecule is COCCC(F)(F)C(F)(F)F.